The highest BCUT2D eigenvalue weighted by molar-refractivity contribution is 5.98. The van der Waals surface area contributed by atoms with Gasteiger partial charge < -0.3 is 10.6 Å². The van der Waals surface area contributed by atoms with Crippen LogP contribution in [0.2, 0.25) is 0 Å². The van der Waals surface area contributed by atoms with Crippen molar-refractivity contribution in [3.05, 3.63) is 29.8 Å². The smallest absolute Gasteiger partial charge is 0.251 e. The Labute approximate surface area is 146 Å². The number of nitrogens with one attached hydrogen (secondary N) is 2. The highest BCUT2D eigenvalue weighted by Gasteiger charge is 2.21. The highest BCUT2D eigenvalue weighted by Crippen LogP contribution is 2.18. The predicted octanol–water partition coefficient (Wildman–Crippen LogP) is 4.62. The third-order valence-electron chi connectivity index (χ3n) is 3.86. The molecule has 4 nitrogen and oxygen atoms in total. The van der Waals surface area contributed by atoms with Gasteiger partial charge in [-0.3, -0.25) is 9.59 Å². The highest BCUT2D eigenvalue weighted by atomic mass is 16.2. The first-order chi connectivity index (χ1) is 11.1. The van der Waals surface area contributed by atoms with Crippen LogP contribution in [-0.4, -0.2) is 17.9 Å². The van der Waals surface area contributed by atoms with E-state index in [-0.39, 0.29) is 17.9 Å². The standard InChI is InChI=1S/C20H32N2O2/c1-14(2)9-7-10-15(3)21-18(23)16-11-8-12-17(13-16)22-19(24)20(4,5)6/h8,11-15H,7,9-10H2,1-6H3,(H,21,23)(H,22,24). The van der Waals surface area contributed by atoms with Crippen LogP contribution in [0.5, 0.6) is 0 Å². The van der Waals surface area contributed by atoms with Crippen molar-refractivity contribution >= 4 is 17.5 Å². The van der Waals surface area contributed by atoms with Gasteiger partial charge >= 0.3 is 0 Å². The maximum Gasteiger partial charge on any atom is 0.251 e. The topological polar surface area (TPSA) is 58.2 Å². The minimum Gasteiger partial charge on any atom is -0.350 e. The zero-order chi connectivity index (χ0) is 18.3. The molecule has 1 unspecified atom stereocenters. The van der Waals surface area contributed by atoms with E-state index >= 15 is 0 Å². The minimum atomic E-state index is -0.469. The molecule has 0 aliphatic carbocycles. The van der Waals surface area contributed by atoms with Gasteiger partial charge in [0.2, 0.25) is 5.91 Å². The molecule has 1 aromatic rings. The van der Waals surface area contributed by atoms with Crippen LogP contribution in [0.1, 0.15) is 71.2 Å². The fraction of sp³-hybridized carbons (Fsp3) is 0.600. The van der Waals surface area contributed by atoms with Gasteiger partial charge in [0.05, 0.1) is 0 Å². The summed E-state index contributed by atoms with van der Waals surface area (Å²) in [7, 11) is 0. The molecule has 1 atom stereocenters. The summed E-state index contributed by atoms with van der Waals surface area (Å²) in [5, 5.41) is 5.89. The zero-order valence-electron chi connectivity index (χ0n) is 15.9. The Kier molecular flexibility index (Phi) is 7.46. The summed E-state index contributed by atoms with van der Waals surface area (Å²) in [4.78, 5) is 24.4. The van der Waals surface area contributed by atoms with E-state index in [4.69, 9.17) is 0 Å². The molecule has 2 N–H and O–H groups in total. The van der Waals surface area contributed by atoms with Gasteiger partial charge in [-0.15, -0.1) is 0 Å². The quantitative estimate of drug-likeness (QED) is 0.765. The third kappa shape index (κ3) is 7.16. The van der Waals surface area contributed by atoms with Crippen LogP contribution in [0, 0.1) is 11.3 Å². The van der Waals surface area contributed by atoms with Crippen LogP contribution < -0.4 is 10.6 Å². The third-order valence-corrected chi connectivity index (χ3v) is 3.86. The van der Waals surface area contributed by atoms with Gasteiger partial charge in [-0.2, -0.15) is 0 Å². The molecule has 134 valence electrons. The van der Waals surface area contributed by atoms with Gasteiger partial charge in [0, 0.05) is 22.7 Å². The predicted molar refractivity (Wildman–Crippen MR) is 100 cm³/mol. The molecule has 0 heterocycles. The Bertz CT molecular complexity index is 559. The summed E-state index contributed by atoms with van der Waals surface area (Å²) in [6, 6.07) is 7.22. The number of hydrogen-bond acceptors (Lipinski definition) is 2. The first-order valence-corrected chi connectivity index (χ1v) is 8.82. The van der Waals surface area contributed by atoms with Gasteiger partial charge in [0.25, 0.3) is 5.91 Å². The molecular weight excluding hydrogens is 300 g/mol. The summed E-state index contributed by atoms with van der Waals surface area (Å²) >= 11 is 0. The Morgan fingerprint density at radius 1 is 1.08 bits per heavy atom. The SMILES string of the molecule is CC(C)CCCC(C)NC(=O)c1cccc(NC(=O)C(C)(C)C)c1. The van der Waals surface area contributed by atoms with E-state index in [1.165, 1.54) is 6.42 Å². The van der Waals surface area contributed by atoms with Crippen molar-refractivity contribution in [2.45, 2.75) is 66.8 Å². The van der Waals surface area contributed by atoms with Gasteiger partial charge in [0.15, 0.2) is 0 Å². The average molecular weight is 332 g/mol. The van der Waals surface area contributed by atoms with Crippen LogP contribution in [0.15, 0.2) is 24.3 Å². The Morgan fingerprint density at radius 2 is 1.75 bits per heavy atom. The lowest BCUT2D eigenvalue weighted by atomic mass is 9.95. The number of anilines is 1. The van der Waals surface area contributed by atoms with E-state index in [1.54, 1.807) is 24.3 Å². The Morgan fingerprint density at radius 3 is 2.33 bits per heavy atom. The van der Waals surface area contributed by atoms with E-state index in [9.17, 15) is 9.59 Å². The van der Waals surface area contributed by atoms with Crippen LogP contribution >= 0.6 is 0 Å². The minimum absolute atomic E-state index is 0.0675. The van der Waals surface area contributed by atoms with Crippen molar-refractivity contribution in [1.29, 1.82) is 0 Å². The molecule has 0 saturated carbocycles. The molecule has 0 aromatic heterocycles. The number of amides is 2. The van der Waals surface area contributed by atoms with Gasteiger partial charge in [-0.05, 0) is 37.5 Å². The largest absolute Gasteiger partial charge is 0.350 e. The van der Waals surface area contributed by atoms with Crippen molar-refractivity contribution in [2.24, 2.45) is 11.3 Å². The lowest BCUT2D eigenvalue weighted by Crippen LogP contribution is -2.32. The van der Waals surface area contributed by atoms with Gasteiger partial charge in [0.1, 0.15) is 0 Å². The second-order valence-corrected chi connectivity index (χ2v) is 7.98. The van der Waals surface area contributed by atoms with Gasteiger partial charge in [-0.1, -0.05) is 53.5 Å². The molecule has 0 spiro atoms. The number of hydrogen-bond donors (Lipinski definition) is 2. The van der Waals surface area contributed by atoms with E-state index in [1.807, 2.05) is 27.7 Å². The van der Waals surface area contributed by atoms with Gasteiger partial charge in [-0.25, -0.2) is 0 Å². The zero-order valence-corrected chi connectivity index (χ0v) is 15.9. The molecule has 4 heteroatoms. The summed E-state index contributed by atoms with van der Waals surface area (Å²) in [5.41, 5.74) is 0.746. The van der Waals surface area contributed by atoms with Crippen molar-refractivity contribution in [2.75, 3.05) is 5.32 Å². The molecule has 0 fully saturated rings. The van der Waals surface area contributed by atoms with E-state index < -0.39 is 5.41 Å². The second-order valence-electron chi connectivity index (χ2n) is 7.98. The lowest BCUT2D eigenvalue weighted by Gasteiger charge is -2.18. The molecule has 0 saturated heterocycles. The number of benzene rings is 1. The number of carbonyl (C=O) groups excluding carboxylic acids is 2. The second kappa shape index (κ2) is 8.86. The molecule has 0 aliphatic heterocycles. The van der Waals surface area contributed by atoms with Crippen LogP contribution in [0.3, 0.4) is 0 Å². The summed E-state index contributed by atoms with van der Waals surface area (Å²) in [5.74, 6) is 0.525. The molecule has 1 aromatic carbocycles. The van der Waals surface area contributed by atoms with Crippen molar-refractivity contribution in [3.63, 3.8) is 0 Å². The Hall–Kier alpha value is -1.84. The molecular formula is C20H32N2O2. The molecule has 0 radical (unpaired) electrons. The van der Waals surface area contributed by atoms with Crippen LogP contribution in [0.25, 0.3) is 0 Å². The normalized spacial score (nSPS) is 12.8. The maximum atomic E-state index is 12.4. The Balaban J connectivity index is 2.62. The molecule has 0 aliphatic rings. The van der Waals surface area contributed by atoms with Crippen LogP contribution in [-0.2, 0) is 4.79 Å². The van der Waals surface area contributed by atoms with Crippen molar-refractivity contribution < 1.29 is 9.59 Å². The summed E-state index contributed by atoms with van der Waals surface area (Å²) < 4.78 is 0. The lowest BCUT2D eigenvalue weighted by molar-refractivity contribution is -0.123. The first-order valence-electron chi connectivity index (χ1n) is 8.82. The fourth-order valence-corrected chi connectivity index (χ4v) is 2.27. The summed E-state index contributed by atoms with van der Waals surface area (Å²) in [6.45, 7) is 12.0. The molecule has 2 amide bonds. The van der Waals surface area contributed by atoms with E-state index in [0.717, 1.165) is 12.8 Å². The number of carbonyl (C=O) groups is 2. The maximum absolute atomic E-state index is 12.4. The first kappa shape index (κ1) is 20.2. The monoisotopic (exact) mass is 332 g/mol. The molecule has 24 heavy (non-hydrogen) atoms. The van der Waals surface area contributed by atoms with E-state index in [2.05, 4.69) is 24.5 Å². The fourth-order valence-electron chi connectivity index (χ4n) is 2.27. The molecule has 0 bridgehead atoms. The van der Waals surface area contributed by atoms with Crippen LogP contribution in [0.4, 0.5) is 5.69 Å². The molecule has 1 rings (SSSR count). The van der Waals surface area contributed by atoms with Crippen molar-refractivity contribution in [1.82, 2.24) is 5.32 Å². The average Bonchev–Trinajstić information content (AvgIpc) is 2.46. The van der Waals surface area contributed by atoms with Crippen molar-refractivity contribution in [3.8, 4) is 0 Å². The number of rotatable bonds is 7. The van der Waals surface area contributed by atoms with E-state index in [0.29, 0.717) is 17.2 Å². The summed E-state index contributed by atoms with van der Waals surface area (Å²) in [6.07, 6.45) is 3.26.